The molecule has 0 saturated carbocycles. The van der Waals surface area contributed by atoms with Gasteiger partial charge in [-0.3, -0.25) is 0 Å². The second kappa shape index (κ2) is 13.7. The normalized spacial score (nSPS) is 12.1. The van der Waals surface area contributed by atoms with E-state index in [9.17, 15) is 0 Å². The summed E-state index contributed by atoms with van der Waals surface area (Å²) in [6.45, 7) is 13.2. The van der Waals surface area contributed by atoms with E-state index in [-0.39, 0.29) is 5.41 Å². The number of nitrogens with zero attached hydrogens (tertiary/aromatic N) is 2. The van der Waals surface area contributed by atoms with Crippen LogP contribution in [-0.4, -0.2) is 25.0 Å². The zero-order chi connectivity index (χ0) is 29.2. The van der Waals surface area contributed by atoms with Gasteiger partial charge in [0.05, 0.1) is 24.6 Å². The van der Waals surface area contributed by atoms with Gasteiger partial charge in [-0.25, -0.2) is 9.98 Å². The van der Waals surface area contributed by atoms with Gasteiger partial charge in [0, 0.05) is 19.3 Å². The van der Waals surface area contributed by atoms with Crippen LogP contribution < -0.4 is 9.47 Å². The summed E-state index contributed by atoms with van der Waals surface area (Å²) >= 11 is 0. The Balaban J connectivity index is 1.37. The zero-order valence-electron chi connectivity index (χ0n) is 24.7. The highest BCUT2D eigenvalue weighted by molar-refractivity contribution is 5.77. The maximum atomic E-state index is 6.06. The molecule has 4 aromatic carbocycles. The largest absolute Gasteiger partial charge is 0.481 e. The number of ether oxygens (including phenoxy) is 4. The van der Waals surface area contributed by atoms with Crippen molar-refractivity contribution < 1.29 is 18.9 Å². The van der Waals surface area contributed by atoms with E-state index in [4.69, 9.17) is 18.9 Å². The average molecular weight is 551 g/mol. The Bertz CT molecular complexity index is 1340. The third-order valence-corrected chi connectivity index (χ3v) is 6.58. The van der Waals surface area contributed by atoms with Crippen molar-refractivity contribution in [3.63, 3.8) is 0 Å². The van der Waals surface area contributed by atoms with Crippen LogP contribution in [0.5, 0.6) is 23.0 Å². The van der Waals surface area contributed by atoms with Crippen LogP contribution in [0.3, 0.4) is 0 Å². The lowest BCUT2D eigenvalue weighted by Crippen LogP contribution is -2.18. The minimum Gasteiger partial charge on any atom is -0.481 e. The molecule has 0 atom stereocenters. The summed E-state index contributed by atoms with van der Waals surface area (Å²) in [5, 5.41) is 0. The monoisotopic (exact) mass is 550 g/mol. The first-order valence-corrected chi connectivity index (χ1v) is 13.9. The fraction of sp³-hybridized carbons (Fsp3) is 0.257. The molecule has 6 heteroatoms. The molecular formula is C35H38N2O4. The van der Waals surface area contributed by atoms with Gasteiger partial charge in [0.15, 0.2) is 11.8 Å². The van der Waals surface area contributed by atoms with Crippen molar-refractivity contribution in [2.45, 2.75) is 47.0 Å². The molecule has 0 spiro atoms. The van der Waals surface area contributed by atoms with E-state index < -0.39 is 0 Å². The zero-order valence-corrected chi connectivity index (χ0v) is 24.7. The molecule has 0 bridgehead atoms. The fourth-order valence-electron chi connectivity index (χ4n) is 4.34. The summed E-state index contributed by atoms with van der Waals surface area (Å²) in [6.07, 6.45) is 0. The number of hydrogen-bond donors (Lipinski definition) is 0. The molecule has 0 fully saturated rings. The summed E-state index contributed by atoms with van der Waals surface area (Å²) in [5.74, 6) is 4.35. The number of hydrogen-bond acceptors (Lipinski definition) is 6. The summed E-state index contributed by atoms with van der Waals surface area (Å²) in [6, 6.07) is 31.8. The van der Waals surface area contributed by atoms with Gasteiger partial charge in [0.25, 0.3) is 0 Å². The maximum Gasteiger partial charge on any atom is 0.185 e. The van der Waals surface area contributed by atoms with Crippen LogP contribution in [0.1, 0.15) is 52.7 Å². The van der Waals surface area contributed by atoms with Crippen molar-refractivity contribution in [2.75, 3.05) is 13.2 Å². The van der Waals surface area contributed by atoms with Gasteiger partial charge in [-0.05, 0) is 97.8 Å². The first-order chi connectivity index (χ1) is 19.8. The molecule has 212 valence electrons. The highest BCUT2D eigenvalue weighted by Crippen LogP contribution is 2.35. The van der Waals surface area contributed by atoms with Crippen LogP contribution in [0.15, 0.2) is 107 Å². The van der Waals surface area contributed by atoms with Crippen molar-refractivity contribution in [2.24, 2.45) is 9.98 Å². The van der Waals surface area contributed by atoms with Crippen LogP contribution in [0, 0.1) is 0 Å². The van der Waals surface area contributed by atoms with Gasteiger partial charge in [-0.1, -0.05) is 38.1 Å². The van der Waals surface area contributed by atoms with Crippen molar-refractivity contribution in [1.82, 2.24) is 0 Å². The van der Waals surface area contributed by atoms with E-state index in [0.717, 1.165) is 34.4 Å². The molecule has 0 N–H and O–H groups in total. The first-order valence-electron chi connectivity index (χ1n) is 13.9. The molecule has 0 heterocycles. The van der Waals surface area contributed by atoms with E-state index in [0.29, 0.717) is 25.0 Å². The molecule has 6 nitrogen and oxygen atoms in total. The summed E-state index contributed by atoms with van der Waals surface area (Å²) in [7, 11) is 0. The average Bonchev–Trinajstić information content (AvgIpc) is 2.96. The van der Waals surface area contributed by atoms with Crippen LogP contribution in [0.2, 0.25) is 0 Å². The van der Waals surface area contributed by atoms with Crippen molar-refractivity contribution in [3.8, 4) is 23.0 Å². The predicted molar refractivity (Wildman–Crippen MR) is 167 cm³/mol. The number of aliphatic imine (C=N–C) groups is 2. The maximum absolute atomic E-state index is 6.06. The van der Waals surface area contributed by atoms with Crippen LogP contribution in [0.25, 0.3) is 0 Å². The van der Waals surface area contributed by atoms with Crippen molar-refractivity contribution in [1.29, 1.82) is 0 Å². The predicted octanol–water partition coefficient (Wildman–Crippen LogP) is 9.77. The Morgan fingerprint density at radius 3 is 1.10 bits per heavy atom. The van der Waals surface area contributed by atoms with E-state index in [2.05, 4.69) is 48.1 Å². The second-order valence-electron chi connectivity index (χ2n) is 9.99. The topological polar surface area (TPSA) is 61.6 Å². The van der Waals surface area contributed by atoms with Gasteiger partial charge < -0.3 is 18.9 Å². The third kappa shape index (κ3) is 8.21. The Morgan fingerprint density at radius 2 is 0.805 bits per heavy atom. The highest BCUT2D eigenvalue weighted by Gasteiger charge is 2.23. The lowest BCUT2D eigenvalue weighted by Gasteiger charge is -2.26. The molecule has 0 aliphatic carbocycles. The van der Waals surface area contributed by atoms with Crippen molar-refractivity contribution >= 4 is 23.2 Å². The van der Waals surface area contributed by atoms with E-state index in [1.807, 2.05) is 100 Å². The quantitative estimate of drug-likeness (QED) is 0.146. The molecule has 0 aliphatic rings. The molecule has 0 amide bonds. The van der Waals surface area contributed by atoms with E-state index in [1.165, 1.54) is 11.1 Å². The lowest BCUT2D eigenvalue weighted by molar-refractivity contribution is 0.324. The molecule has 0 aromatic heterocycles. The van der Waals surface area contributed by atoms with Crippen LogP contribution in [0.4, 0.5) is 11.4 Å². The smallest absolute Gasteiger partial charge is 0.185 e. The number of rotatable bonds is 10. The van der Waals surface area contributed by atoms with E-state index >= 15 is 0 Å². The molecule has 0 radical (unpaired) electrons. The molecule has 41 heavy (non-hydrogen) atoms. The molecule has 0 aliphatic heterocycles. The van der Waals surface area contributed by atoms with Crippen LogP contribution >= 0.6 is 0 Å². The van der Waals surface area contributed by atoms with Gasteiger partial charge >= 0.3 is 0 Å². The molecule has 0 saturated heterocycles. The minimum absolute atomic E-state index is 0.201. The molecule has 4 aromatic rings. The Hall–Kier alpha value is -4.58. The van der Waals surface area contributed by atoms with Crippen LogP contribution in [-0.2, 0) is 14.9 Å². The standard InChI is InChI=1S/C35H38N2O4/c1-7-38-25(3)36-29-13-21-33(22-14-29)40-31-17-9-27(10-18-31)35(5,6)28-11-19-32(20-12-28)41-34-23-15-30(16-24-34)37-26(4)39-8-2/h9-24H,7-8H2,1-6H3/b36-25-,37-26-. The Morgan fingerprint density at radius 1 is 0.512 bits per heavy atom. The Kier molecular flexibility index (Phi) is 9.80. The van der Waals surface area contributed by atoms with Gasteiger partial charge in [0.1, 0.15) is 23.0 Å². The first kappa shape index (κ1) is 29.4. The third-order valence-electron chi connectivity index (χ3n) is 6.58. The van der Waals surface area contributed by atoms with E-state index in [1.54, 1.807) is 0 Å². The number of benzene rings is 4. The lowest BCUT2D eigenvalue weighted by atomic mass is 9.78. The minimum atomic E-state index is -0.201. The molecule has 0 unspecified atom stereocenters. The Labute approximate surface area is 243 Å². The summed E-state index contributed by atoms with van der Waals surface area (Å²) in [4.78, 5) is 8.86. The molecular weight excluding hydrogens is 512 g/mol. The summed E-state index contributed by atoms with van der Waals surface area (Å²) < 4.78 is 22.9. The summed E-state index contributed by atoms with van der Waals surface area (Å²) in [5.41, 5.74) is 3.83. The van der Waals surface area contributed by atoms with Gasteiger partial charge in [0.2, 0.25) is 0 Å². The van der Waals surface area contributed by atoms with Gasteiger partial charge in [-0.15, -0.1) is 0 Å². The van der Waals surface area contributed by atoms with Gasteiger partial charge in [-0.2, -0.15) is 0 Å². The molecule has 4 rings (SSSR count). The van der Waals surface area contributed by atoms with Crippen molar-refractivity contribution in [3.05, 3.63) is 108 Å². The second-order valence-corrected chi connectivity index (χ2v) is 9.99. The SMILES string of the molecule is CCO/C(C)=N\c1ccc(Oc2ccc(C(C)(C)c3ccc(Oc4ccc(/N=C(/C)OCC)cc4)cc3)cc2)cc1. The fourth-order valence-corrected chi connectivity index (χ4v) is 4.34. The highest BCUT2D eigenvalue weighted by atomic mass is 16.5.